The summed E-state index contributed by atoms with van der Waals surface area (Å²) in [6, 6.07) is 8.32. The molecule has 1 heteroatoms. The fourth-order valence-corrected chi connectivity index (χ4v) is 3.26. The maximum absolute atomic E-state index is 11.6. The van der Waals surface area contributed by atoms with Gasteiger partial charge in [-0.05, 0) is 27.9 Å². The zero-order valence-corrected chi connectivity index (χ0v) is 13.8. The van der Waals surface area contributed by atoms with E-state index in [-0.39, 0.29) is 10.8 Å². The number of rotatable bonds is 2. The third-order valence-electron chi connectivity index (χ3n) is 4.14. The van der Waals surface area contributed by atoms with Crippen LogP contribution in [0.2, 0.25) is 0 Å². The zero-order valence-electron chi connectivity index (χ0n) is 13.8. The van der Waals surface area contributed by atoms with Crippen LogP contribution in [0, 0.1) is 10.8 Å². The normalized spacial score (nSPS) is 14.0. The largest absolute Gasteiger partial charge is 0.384 e. The van der Waals surface area contributed by atoms with Gasteiger partial charge < -0.3 is 5.11 Å². The minimum atomic E-state index is -0.860. The van der Waals surface area contributed by atoms with Crippen molar-refractivity contribution in [2.45, 2.75) is 66.9 Å². The van der Waals surface area contributed by atoms with Crippen molar-refractivity contribution in [3.8, 4) is 0 Å². The van der Waals surface area contributed by atoms with Crippen LogP contribution in [0.15, 0.2) is 24.3 Å². The highest BCUT2D eigenvalue weighted by molar-refractivity contribution is 5.37. The Bertz CT molecular complexity index is 416. The Kier molecular flexibility index (Phi) is 4.22. The minimum absolute atomic E-state index is 0.226. The monoisotopic (exact) mass is 262 g/mol. The second kappa shape index (κ2) is 4.94. The highest BCUT2D eigenvalue weighted by atomic mass is 16.3. The maximum Gasteiger partial charge on any atom is 0.0995 e. The molecule has 0 fully saturated rings. The molecule has 0 heterocycles. The van der Waals surface area contributed by atoms with Crippen molar-refractivity contribution in [1.29, 1.82) is 0 Å². The minimum Gasteiger partial charge on any atom is -0.384 e. The van der Waals surface area contributed by atoms with Crippen LogP contribution in [-0.2, 0) is 5.60 Å². The number of benzene rings is 1. The molecule has 0 amide bonds. The first kappa shape index (κ1) is 16.2. The first-order valence-electron chi connectivity index (χ1n) is 7.24. The average Bonchev–Trinajstić information content (AvgIpc) is 2.24. The highest BCUT2D eigenvalue weighted by Crippen LogP contribution is 2.52. The molecule has 0 aliphatic heterocycles. The predicted molar refractivity (Wildman–Crippen MR) is 83.3 cm³/mol. The van der Waals surface area contributed by atoms with E-state index >= 15 is 0 Å². The van der Waals surface area contributed by atoms with Crippen molar-refractivity contribution < 1.29 is 5.11 Å². The van der Waals surface area contributed by atoms with Gasteiger partial charge in [0.1, 0.15) is 0 Å². The molecular formula is C18H30O. The van der Waals surface area contributed by atoms with Crippen LogP contribution in [0.1, 0.15) is 72.4 Å². The molecule has 0 aliphatic carbocycles. The first-order chi connectivity index (χ1) is 8.43. The quantitative estimate of drug-likeness (QED) is 0.787. The van der Waals surface area contributed by atoms with Crippen LogP contribution < -0.4 is 0 Å². The van der Waals surface area contributed by atoms with Gasteiger partial charge in [0.05, 0.1) is 5.60 Å². The Hall–Kier alpha value is -0.820. The molecule has 0 atom stereocenters. The highest BCUT2D eigenvalue weighted by Gasteiger charge is 2.51. The molecule has 0 spiro atoms. The van der Waals surface area contributed by atoms with E-state index in [0.29, 0.717) is 5.92 Å². The second-order valence-electron chi connectivity index (χ2n) is 7.95. The number of hydrogen-bond acceptors (Lipinski definition) is 1. The fraction of sp³-hybridized carbons (Fsp3) is 0.667. The molecule has 0 saturated heterocycles. The van der Waals surface area contributed by atoms with Gasteiger partial charge in [0.15, 0.2) is 0 Å². The average molecular weight is 262 g/mol. The molecule has 1 aromatic rings. The van der Waals surface area contributed by atoms with E-state index in [2.05, 4.69) is 73.6 Å². The summed E-state index contributed by atoms with van der Waals surface area (Å²) in [5, 5.41) is 11.6. The standard InChI is InChI=1S/C18H30O/c1-13(2)14-11-9-10-12-15(14)18(19,16(3,4)5)17(6,7)8/h9-13,19H,1-8H3. The lowest BCUT2D eigenvalue weighted by Gasteiger charge is -2.51. The van der Waals surface area contributed by atoms with Crippen molar-refractivity contribution >= 4 is 0 Å². The molecule has 1 N–H and O–H groups in total. The van der Waals surface area contributed by atoms with Crippen molar-refractivity contribution in [3.05, 3.63) is 35.4 Å². The molecule has 19 heavy (non-hydrogen) atoms. The van der Waals surface area contributed by atoms with E-state index in [0.717, 1.165) is 5.56 Å². The first-order valence-corrected chi connectivity index (χ1v) is 7.24. The summed E-state index contributed by atoms with van der Waals surface area (Å²) in [4.78, 5) is 0. The third-order valence-corrected chi connectivity index (χ3v) is 4.14. The molecule has 0 aromatic heterocycles. The molecule has 1 aromatic carbocycles. The Morgan fingerprint density at radius 1 is 0.842 bits per heavy atom. The summed E-state index contributed by atoms with van der Waals surface area (Å²) in [6.45, 7) is 17.1. The Morgan fingerprint density at radius 3 is 1.63 bits per heavy atom. The molecule has 108 valence electrons. The SMILES string of the molecule is CC(C)c1ccccc1C(O)(C(C)(C)C)C(C)(C)C. The van der Waals surface area contributed by atoms with Gasteiger partial charge in [-0.3, -0.25) is 0 Å². The van der Waals surface area contributed by atoms with Gasteiger partial charge in [-0.1, -0.05) is 79.7 Å². The molecule has 1 nitrogen and oxygen atoms in total. The van der Waals surface area contributed by atoms with Crippen LogP contribution in [-0.4, -0.2) is 5.11 Å². The smallest absolute Gasteiger partial charge is 0.0995 e. The fourth-order valence-electron chi connectivity index (χ4n) is 3.26. The van der Waals surface area contributed by atoms with Crippen molar-refractivity contribution in [1.82, 2.24) is 0 Å². The van der Waals surface area contributed by atoms with Crippen molar-refractivity contribution in [2.75, 3.05) is 0 Å². The lowest BCUT2D eigenvalue weighted by Crippen LogP contribution is -2.50. The van der Waals surface area contributed by atoms with Gasteiger partial charge >= 0.3 is 0 Å². The van der Waals surface area contributed by atoms with Gasteiger partial charge in [0.25, 0.3) is 0 Å². The van der Waals surface area contributed by atoms with Crippen LogP contribution >= 0.6 is 0 Å². The van der Waals surface area contributed by atoms with E-state index in [9.17, 15) is 5.11 Å². The summed E-state index contributed by atoms with van der Waals surface area (Å²) in [6.07, 6.45) is 0. The van der Waals surface area contributed by atoms with Crippen LogP contribution in [0.3, 0.4) is 0 Å². The predicted octanol–water partition coefficient (Wildman–Crippen LogP) is 5.09. The lowest BCUT2D eigenvalue weighted by atomic mass is 9.58. The molecule has 0 radical (unpaired) electrons. The zero-order chi connectivity index (χ0) is 15.1. The summed E-state index contributed by atoms with van der Waals surface area (Å²) < 4.78 is 0. The Morgan fingerprint density at radius 2 is 1.26 bits per heavy atom. The summed E-state index contributed by atoms with van der Waals surface area (Å²) >= 11 is 0. The number of aliphatic hydroxyl groups is 1. The van der Waals surface area contributed by atoms with Crippen molar-refractivity contribution in [2.24, 2.45) is 10.8 Å². The Balaban J connectivity index is 3.62. The van der Waals surface area contributed by atoms with E-state index in [4.69, 9.17) is 0 Å². The van der Waals surface area contributed by atoms with E-state index in [1.807, 2.05) is 6.07 Å². The molecular weight excluding hydrogens is 232 g/mol. The van der Waals surface area contributed by atoms with Gasteiger partial charge in [0, 0.05) is 0 Å². The van der Waals surface area contributed by atoms with E-state index in [1.165, 1.54) is 5.56 Å². The molecule has 0 saturated carbocycles. The topological polar surface area (TPSA) is 20.2 Å². The molecule has 0 bridgehead atoms. The summed E-state index contributed by atoms with van der Waals surface area (Å²) in [5.74, 6) is 0.410. The number of hydrogen-bond donors (Lipinski definition) is 1. The third kappa shape index (κ3) is 2.72. The van der Waals surface area contributed by atoms with E-state index in [1.54, 1.807) is 0 Å². The van der Waals surface area contributed by atoms with Gasteiger partial charge in [-0.25, -0.2) is 0 Å². The van der Waals surface area contributed by atoms with Crippen LogP contribution in [0.5, 0.6) is 0 Å². The van der Waals surface area contributed by atoms with Gasteiger partial charge in [-0.2, -0.15) is 0 Å². The second-order valence-corrected chi connectivity index (χ2v) is 7.95. The van der Waals surface area contributed by atoms with E-state index < -0.39 is 5.60 Å². The molecule has 0 unspecified atom stereocenters. The lowest BCUT2D eigenvalue weighted by molar-refractivity contribution is -0.145. The van der Waals surface area contributed by atoms with Gasteiger partial charge in [-0.15, -0.1) is 0 Å². The van der Waals surface area contributed by atoms with Gasteiger partial charge in [0.2, 0.25) is 0 Å². The Labute approximate surface area is 119 Å². The summed E-state index contributed by atoms with van der Waals surface area (Å²) in [5.41, 5.74) is 1.01. The summed E-state index contributed by atoms with van der Waals surface area (Å²) in [7, 11) is 0. The molecule has 0 aliphatic rings. The maximum atomic E-state index is 11.6. The molecule has 1 rings (SSSR count). The van der Waals surface area contributed by atoms with Crippen LogP contribution in [0.4, 0.5) is 0 Å². The van der Waals surface area contributed by atoms with Crippen LogP contribution in [0.25, 0.3) is 0 Å². The van der Waals surface area contributed by atoms with Crippen molar-refractivity contribution in [3.63, 3.8) is 0 Å².